The van der Waals surface area contributed by atoms with Crippen LogP contribution in [-0.4, -0.2) is 25.7 Å². The summed E-state index contributed by atoms with van der Waals surface area (Å²) in [5.74, 6) is -1.54. The molecule has 11 heavy (non-hydrogen) atoms. The lowest BCUT2D eigenvalue weighted by Crippen LogP contribution is -2.18. The summed E-state index contributed by atoms with van der Waals surface area (Å²) in [6.07, 6.45) is -0.486. The number of carbonyl (C=O) groups is 2. The zero-order chi connectivity index (χ0) is 8.69. The third kappa shape index (κ3) is 5.04. The molecular weight excluding hydrogens is 152 g/mol. The van der Waals surface area contributed by atoms with Gasteiger partial charge in [-0.2, -0.15) is 5.48 Å². The van der Waals surface area contributed by atoms with Crippen LogP contribution in [0.4, 0.5) is 0 Å². The Hall–Kier alpha value is -1.43. The topological polar surface area (TPSA) is 77.0 Å². The number of hydrogen-bond acceptors (Lipinski definition) is 6. The van der Waals surface area contributed by atoms with Gasteiger partial charge in [-0.25, -0.2) is 9.59 Å². The molecule has 0 radical (unpaired) electrons. The van der Waals surface area contributed by atoms with Crippen molar-refractivity contribution in [2.24, 2.45) is 5.16 Å². The van der Waals surface area contributed by atoms with Crippen molar-refractivity contribution in [2.75, 3.05) is 7.05 Å². The maximum atomic E-state index is 10.5. The number of oxime groups is 1. The largest absolute Gasteiger partial charge is 0.370 e. The standard InChI is InChI=1S/C5H8N2O4/c1-6-10-4(8)3-5(9)11-7-2/h7H,1,3H2,2H3. The molecule has 0 saturated heterocycles. The molecule has 0 aromatic rings. The summed E-state index contributed by atoms with van der Waals surface area (Å²) < 4.78 is 0. The van der Waals surface area contributed by atoms with E-state index in [-0.39, 0.29) is 0 Å². The van der Waals surface area contributed by atoms with Gasteiger partial charge in [0.25, 0.3) is 0 Å². The fourth-order valence-corrected chi connectivity index (χ4v) is 0.372. The summed E-state index contributed by atoms with van der Waals surface area (Å²) in [6.45, 7) is 2.89. The first-order valence-electron chi connectivity index (χ1n) is 2.73. The molecule has 0 atom stereocenters. The molecule has 0 fully saturated rings. The first-order chi connectivity index (χ1) is 5.20. The highest BCUT2D eigenvalue weighted by molar-refractivity contribution is 5.90. The van der Waals surface area contributed by atoms with Crippen LogP contribution >= 0.6 is 0 Å². The van der Waals surface area contributed by atoms with E-state index in [1.54, 1.807) is 0 Å². The zero-order valence-electron chi connectivity index (χ0n) is 5.99. The van der Waals surface area contributed by atoms with Crippen molar-refractivity contribution in [3.05, 3.63) is 0 Å². The van der Waals surface area contributed by atoms with Gasteiger partial charge in [0.05, 0.1) is 0 Å². The average molecular weight is 160 g/mol. The molecule has 0 spiro atoms. The summed E-state index contributed by atoms with van der Waals surface area (Å²) >= 11 is 0. The van der Waals surface area contributed by atoms with Gasteiger partial charge >= 0.3 is 11.9 Å². The van der Waals surface area contributed by atoms with Crippen LogP contribution in [0.15, 0.2) is 5.16 Å². The van der Waals surface area contributed by atoms with E-state index in [0.29, 0.717) is 0 Å². The molecule has 0 aliphatic rings. The summed E-state index contributed by atoms with van der Waals surface area (Å²) in [6, 6.07) is 0. The number of rotatable bonds is 4. The minimum atomic E-state index is -0.805. The van der Waals surface area contributed by atoms with Crippen molar-refractivity contribution in [1.29, 1.82) is 0 Å². The molecule has 0 aliphatic heterocycles. The van der Waals surface area contributed by atoms with Crippen molar-refractivity contribution >= 4 is 18.7 Å². The quantitative estimate of drug-likeness (QED) is 0.252. The SMILES string of the molecule is C=NOC(=O)CC(=O)ONC. The maximum absolute atomic E-state index is 10.5. The van der Waals surface area contributed by atoms with Crippen molar-refractivity contribution < 1.29 is 19.3 Å². The van der Waals surface area contributed by atoms with Crippen LogP contribution < -0.4 is 5.48 Å². The van der Waals surface area contributed by atoms with E-state index in [2.05, 4.69) is 27.0 Å². The second kappa shape index (κ2) is 5.36. The Morgan fingerprint density at radius 3 is 2.64 bits per heavy atom. The number of hydroxylamine groups is 1. The van der Waals surface area contributed by atoms with E-state index in [9.17, 15) is 9.59 Å². The molecule has 1 N–H and O–H groups in total. The van der Waals surface area contributed by atoms with E-state index < -0.39 is 18.4 Å². The summed E-state index contributed by atoms with van der Waals surface area (Å²) in [5.41, 5.74) is 2.11. The average Bonchev–Trinajstić information content (AvgIpc) is 1.87. The van der Waals surface area contributed by atoms with E-state index >= 15 is 0 Å². The third-order valence-corrected chi connectivity index (χ3v) is 0.671. The number of nitrogens with zero attached hydrogens (tertiary/aromatic N) is 1. The van der Waals surface area contributed by atoms with Crippen molar-refractivity contribution in [1.82, 2.24) is 5.48 Å². The smallest absolute Gasteiger partial charge is 0.346 e. The molecule has 6 heteroatoms. The maximum Gasteiger partial charge on any atom is 0.346 e. The van der Waals surface area contributed by atoms with Gasteiger partial charge in [-0.15, -0.1) is 0 Å². The first kappa shape index (κ1) is 9.57. The molecule has 0 aromatic heterocycles. The molecular formula is C5H8N2O4. The Bertz CT molecular complexity index is 168. The highest BCUT2D eigenvalue weighted by Gasteiger charge is 2.11. The van der Waals surface area contributed by atoms with Gasteiger partial charge in [0.1, 0.15) is 6.42 Å². The second-order valence-electron chi connectivity index (χ2n) is 1.45. The Kier molecular flexibility index (Phi) is 4.67. The Morgan fingerprint density at radius 2 is 2.18 bits per heavy atom. The Morgan fingerprint density at radius 1 is 1.55 bits per heavy atom. The van der Waals surface area contributed by atoms with Gasteiger partial charge < -0.3 is 9.68 Å². The van der Waals surface area contributed by atoms with Gasteiger partial charge in [-0.05, 0) is 0 Å². The Balaban J connectivity index is 3.57. The van der Waals surface area contributed by atoms with Crippen molar-refractivity contribution in [3.63, 3.8) is 0 Å². The zero-order valence-corrected chi connectivity index (χ0v) is 5.99. The molecule has 0 heterocycles. The molecule has 0 bridgehead atoms. The summed E-state index contributed by atoms with van der Waals surface area (Å²) in [4.78, 5) is 29.1. The lowest BCUT2D eigenvalue weighted by atomic mass is 10.4. The number of hydrogen-bond donors (Lipinski definition) is 1. The monoisotopic (exact) mass is 160 g/mol. The summed E-state index contributed by atoms with van der Waals surface area (Å²) in [5, 5.41) is 2.82. The number of carbonyl (C=O) groups excluding carboxylic acids is 2. The molecule has 0 unspecified atom stereocenters. The van der Waals surface area contributed by atoms with Crippen molar-refractivity contribution in [3.8, 4) is 0 Å². The third-order valence-electron chi connectivity index (χ3n) is 0.671. The van der Waals surface area contributed by atoms with Crippen LogP contribution in [-0.2, 0) is 19.3 Å². The van der Waals surface area contributed by atoms with Gasteiger partial charge in [-0.1, -0.05) is 5.16 Å². The molecule has 6 nitrogen and oxygen atoms in total. The second-order valence-corrected chi connectivity index (χ2v) is 1.45. The van der Waals surface area contributed by atoms with Crippen molar-refractivity contribution in [2.45, 2.75) is 6.42 Å². The van der Waals surface area contributed by atoms with Gasteiger partial charge in [-0.3, -0.25) is 0 Å². The minimum Gasteiger partial charge on any atom is -0.370 e. The van der Waals surface area contributed by atoms with Crippen LogP contribution in [0, 0.1) is 0 Å². The van der Waals surface area contributed by atoms with Crippen LogP contribution in [0.2, 0.25) is 0 Å². The van der Waals surface area contributed by atoms with Crippen LogP contribution in [0.5, 0.6) is 0 Å². The van der Waals surface area contributed by atoms with Gasteiger partial charge in [0.15, 0.2) is 0 Å². The lowest BCUT2D eigenvalue weighted by molar-refractivity contribution is -0.158. The highest BCUT2D eigenvalue weighted by Crippen LogP contribution is 1.88. The molecule has 0 aliphatic carbocycles. The first-order valence-corrected chi connectivity index (χ1v) is 2.73. The molecule has 0 saturated carbocycles. The fraction of sp³-hybridized carbons (Fsp3) is 0.400. The molecule has 0 aromatic carbocycles. The molecule has 0 rings (SSSR count). The van der Waals surface area contributed by atoms with Crippen LogP contribution in [0.25, 0.3) is 0 Å². The van der Waals surface area contributed by atoms with Crippen LogP contribution in [0.1, 0.15) is 6.42 Å². The predicted octanol–water partition coefficient (Wildman–Crippen LogP) is -0.787. The van der Waals surface area contributed by atoms with E-state index in [0.717, 1.165) is 0 Å². The van der Waals surface area contributed by atoms with Crippen LogP contribution in [0.3, 0.4) is 0 Å². The predicted molar refractivity (Wildman–Crippen MR) is 35.4 cm³/mol. The number of nitrogens with one attached hydrogen (secondary N) is 1. The van der Waals surface area contributed by atoms with Gasteiger partial charge in [0, 0.05) is 13.8 Å². The van der Waals surface area contributed by atoms with E-state index in [1.807, 2.05) is 0 Å². The van der Waals surface area contributed by atoms with Gasteiger partial charge in [0.2, 0.25) is 0 Å². The molecule has 62 valence electrons. The lowest BCUT2D eigenvalue weighted by Gasteiger charge is -1.97. The highest BCUT2D eigenvalue weighted by atomic mass is 16.7. The normalized spacial score (nSPS) is 8.45. The summed E-state index contributed by atoms with van der Waals surface area (Å²) in [7, 11) is 1.40. The minimum absolute atomic E-state index is 0.486. The van der Waals surface area contributed by atoms with E-state index in [1.165, 1.54) is 7.05 Å². The molecule has 0 amide bonds. The Labute approximate surface area is 63.1 Å². The fourth-order valence-electron chi connectivity index (χ4n) is 0.372. The van der Waals surface area contributed by atoms with E-state index in [4.69, 9.17) is 0 Å².